The Morgan fingerprint density at radius 3 is 1.39 bits per heavy atom. The molecule has 4 heteroatoms. The molecule has 0 bridgehead atoms. The lowest BCUT2D eigenvalue weighted by atomic mass is 9.96. The highest BCUT2D eigenvalue weighted by molar-refractivity contribution is 5.98. The van der Waals surface area contributed by atoms with Gasteiger partial charge in [0.05, 0.1) is 11.1 Å². The van der Waals surface area contributed by atoms with E-state index in [4.69, 9.17) is 9.47 Å². The van der Waals surface area contributed by atoms with Gasteiger partial charge in [-0.25, -0.2) is 9.59 Å². The van der Waals surface area contributed by atoms with Crippen molar-refractivity contribution in [2.24, 2.45) is 0 Å². The molecule has 0 saturated carbocycles. The molecule has 6 aromatic rings. The lowest BCUT2D eigenvalue weighted by Crippen LogP contribution is -2.12. The number of fused-ring (bicyclic) bond motifs is 2. The van der Waals surface area contributed by atoms with Crippen LogP contribution in [0.2, 0.25) is 0 Å². The maximum atomic E-state index is 13.3. The van der Waals surface area contributed by atoms with E-state index in [-0.39, 0.29) is 0 Å². The van der Waals surface area contributed by atoms with E-state index in [0.29, 0.717) is 29.0 Å². The SMILES string of the molecule is Cc1cccc(C(=O)Oc2c(Cc3ccc4ccccc4c3OC(=O)c3cccc(C)c3)ccc3ccccc23)c1. The lowest BCUT2D eigenvalue weighted by Gasteiger charge is -2.17. The van der Waals surface area contributed by atoms with Crippen molar-refractivity contribution in [2.45, 2.75) is 20.3 Å². The van der Waals surface area contributed by atoms with Crippen LogP contribution in [-0.2, 0) is 6.42 Å². The Bertz CT molecular complexity index is 1800. The first-order valence-electron chi connectivity index (χ1n) is 13.6. The Morgan fingerprint density at radius 1 is 0.512 bits per heavy atom. The second-order valence-electron chi connectivity index (χ2n) is 10.2. The number of hydrogen-bond acceptors (Lipinski definition) is 4. The minimum Gasteiger partial charge on any atom is -0.422 e. The molecular weight excluding hydrogens is 508 g/mol. The summed E-state index contributed by atoms with van der Waals surface area (Å²) in [5.41, 5.74) is 4.56. The normalized spacial score (nSPS) is 11.0. The predicted octanol–water partition coefficient (Wildman–Crippen LogP) is 8.64. The van der Waals surface area contributed by atoms with Crippen LogP contribution < -0.4 is 9.47 Å². The third kappa shape index (κ3) is 5.45. The molecular formula is C37H28O4. The van der Waals surface area contributed by atoms with Crippen molar-refractivity contribution >= 4 is 33.5 Å². The maximum Gasteiger partial charge on any atom is 0.343 e. The number of carbonyl (C=O) groups is 2. The third-order valence-corrected chi connectivity index (χ3v) is 7.20. The number of hydrogen-bond donors (Lipinski definition) is 0. The van der Waals surface area contributed by atoms with Crippen LogP contribution in [-0.4, -0.2) is 11.9 Å². The summed E-state index contributed by atoms with van der Waals surface area (Å²) in [6.07, 6.45) is 0.391. The Labute approximate surface area is 238 Å². The van der Waals surface area contributed by atoms with Crippen LogP contribution in [0.1, 0.15) is 43.0 Å². The second kappa shape index (κ2) is 11.1. The maximum absolute atomic E-state index is 13.3. The number of aryl methyl sites for hydroxylation is 2. The molecule has 0 aliphatic heterocycles. The van der Waals surface area contributed by atoms with Crippen molar-refractivity contribution in [3.05, 3.63) is 155 Å². The molecule has 6 aromatic carbocycles. The number of carbonyl (C=O) groups excluding carboxylic acids is 2. The summed E-state index contributed by atoms with van der Waals surface area (Å²) in [5, 5.41) is 3.61. The largest absolute Gasteiger partial charge is 0.422 e. The fraction of sp³-hybridized carbons (Fsp3) is 0.0811. The van der Waals surface area contributed by atoms with Crippen molar-refractivity contribution in [1.82, 2.24) is 0 Å². The zero-order valence-electron chi connectivity index (χ0n) is 22.9. The molecule has 41 heavy (non-hydrogen) atoms. The van der Waals surface area contributed by atoms with Gasteiger partial charge in [0.1, 0.15) is 11.5 Å². The zero-order valence-corrected chi connectivity index (χ0v) is 22.9. The average molecular weight is 537 g/mol. The van der Waals surface area contributed by atoms with Gasteiger partial charge in [-0.05, 0) is 48.9 Å². The van der Waals surface area contributed by atoms with E-state index >= 15 is 0 Å². The van der Waals surface area contributed by atoms with Crippen LogP contribution in [0, 0.1) is 13.8 Å². The molecule has 6 rings (SSSR count). The molecule has 0 radical (unpaired) electrons. The van der Waals surface area contributed by atoms with Crippen molar-refractivity contribution in [3.63, 3.8) is 0 Å². The first kappa shape index (κ1) is 26.0. The van der Waals surface area contributed by atoms with Gasteiger partial charge < -0.3 is 9.47 Å². The minimum absolute atomic E-state index is 0.391. The van der Waals surface area contributed by atoms with Crippen molar-refractivity contribution < 1.29 is 19.1 Å². The Hall–Kier alpha value is -5.22. The van der Waals surface area contributed by atoms with E-state index in [1.807, 2.05) is 123 Å². The predicted molar refractivity (Wildman–Crippen MR) is 163 cm³/mol. The summed E-state index contributed by atoms with van der Waals surface area (Å²) < 4.78 is 12.2. The molecule has 0 aromatic heterocycles. The number of rotatable bonds is 6. The first-order chi connectivity index (χ1) is 20.0. The molecule has 0 unspecified atom stereocenters. The summed E-state index contributed by atoms with van der Waals surface area (Å²) in [4.78, 5) is 26.6. The van der Waals surface area contributed by atoms with E-state index in [9.17, 15) is 9.59 Å². The zero-order chi connectivity index (χ0) is 28.3. The summed E-state index contributed by atoms with van der Waals surface area (Å²) in [6.45, 7) is 3.89. The molecule has 0 aliphatic rings. The van der Waals surface area contributed by atoms with Gasteiger partial charge in [-0.1, -0.05) is 108 Å². The lowest BCUT2D eigenvalue weighted by molar-refractivity contribution is 0.0728. The van der Waals surface area contributed by atoms with Crippen LogP contribution >= 0.6 is 0 Å². The van der Waals surface area contributed by atoms with Gasteiger partial charge in [0, 0.05) is 28.3 Å². The van der Waals surface area contributed by atoms with Crippen molar-refractivity contribution in [1.29, 1.82) is 0 Å². The molecule has 4 nitrogen and oxygen atoms in total. The smallest absolute Gasteiger partial charge is 0.343 e. The van der Waals surface area contributed by atoms with Crippen LogP contribution in [0.4, 0.5) is 0 Å². The molecule has 0 atom stereocenters. The van der Waals surface area contributed by atoms with E-state index in [2.05, 4.69) is 0 Å². The summed E-state index contributed by atoms with van der Waals surface area (Å²) in [7, 11) is 0. The third-order valence-electron chi connectivity index (χ3n) is 7.20. The first-order valence-corrected chi connectivity index (χ1v) is 13.6. The number of benzene rings is 6. The molecule has 0 amide bonds. The monoisotopic (exact) mass is 536 g/mol. The van der Waals surface area contributed by atoms with Gasteiger partial charge in [-0.2, -0.15) is 0 Å². The van der Waals surface area contributed by atoms with Crippen LogP contribution in [0.15, 0.2) is 121 Å². The van der Waals surface area contributed by atoms with Crippen LogP contribution in [0.3, 0.4) is 0 Å². The van der Waals surface area contributed by atoms with Gasteiger partial charge >= 0.3 is 11.9 Å². The van der Waals surface area contributed by atoms with Gasteiger partial charge in [0.25, 0.3) is 0 Å². The van der Waals surface area contributed by atoms with Crippen molar-refractivity contribution in [2.75, 3.05) is 0 Å². The summed E-state index contributed by atoms with van der Waals surface area (Å²) >= 11 is 0. The molecule has 0 N–H and O–H groups in total. The highest BCUT2D eigenvalue weighted by atomic mass is 16.5. The van der Waals surface area contributed by atoms with E-state index in [1.165, 1.54) is 0 Å². The second-order valence-corrected chi connectivity index (χ2v) is 10.2. The van der Waals surface area contributed by atoms with Gasteiger partial charge in [-0.15, -0.1) is 0 Å². The topological polar surface area (TPSA) is 52.6 Å². The molecule has 0 heterocycles. The van der Waals surface area contributed by atoms with E-state index < -0.39 is 11.9 Å². The van der Waals surface area contributed by atoms with Crippen LogP contribution in [0.25, 0.3) is 21.5 Å². The van der Waals surface area contributed by atoms with Gasteiger partial charge in [0.2, 0.25) is 0 Å². The average Bonchev–Trinajstić information content (AvgIpc) is 2.99. The van der Waals surface area contributed by atoms with Crippen LogP contribution in [0.5, 0.6) is 11.5 Å². The number of esters is 2. The number of ether oxygens (including phenoxy) is 2. The van der Waals surface area contributed by atoms with Gasteiger partial charge in [0.15, 0.2) is 0 Å². The molecule has 0 aliphatic carbocycles. The highest BCUT2D eigenvalue weighted by Gasteiger charge is 2.20. The van der Waals surface area contributed by atoms with Gasteiger partial charge in [-0.3, -0.25) is 0 Å². The summed E-state index contributed by atoms with van der Waals surface area (Å²) in [5.74, 6) is 0.157. The Morgan fingerprint density at radius 2 is 0.951 bits per heavy atom. The Balaban J connectivity index is 1.44. The molecule has 0 fully saturated rings. The summed E-state index contributed by atoms with van der Waals surface area (Å²) in [6, 6.07) is 38.4. The van der Waals surface area contributed by atoms with Crippen molar-refractivity contribution in [3.8, 4) is 11.5 Å². The Kier molecular flexibility index (Phi) is 7.05. The van der Waals surface area contributed by atoms with E-state index in [1.54, 1.807) is 12.1 Å². The molecule has 0 saturated heterocycles. The fourth-order valence-electron chi connectivity index (χ4n) is 5.15. The highest BCUT2D eigenvalue weighted by Crippen LogP contribution is 2.37. The quantitative estimate of drug-likeness (QED) is 0.158. The molecule has 200 valence electrons. The minimum atomic E-state index is -0.420. The standard InChI is InChI=1S/C37H28O4/c1-24-9-7-13-30(21-24)36(38)40-34-28(19-17-26-11-3-5-15-32(26)34)23-29-20-18-27-12-4-6-16-33(27)35(29)41-37(39)31-14-8-10-25(2)22-31/h3-22H,23H2,1-2H3. The van der Waals surface area contributed by atoms with E-state index in [0.717, 1.165) is 43.8 Å². The fourth-order valence-corrected chi connectivity index (χ4v) is 5.15. The molecule has 0 spiro atoms.